The van der Waals surface area contributed by atoms with Crippen molar-refractivity contribution < 1.29 is 13.2 Å². The maximum atomic E-state index is 13.1. The van der Waals surface area contributed by atoms with Crippen molar-refractivity contribution in [3.8, 4) is 0 Å². The molecule has 0 bridgehead atoms. The van der Waals surface area contributed by atoms with E-state index in [4.69, 9.17) is 17.3 Å². The minimum Gasteiger partial charge on any atom is -0.368 e. The van der Waals surface area contributed by atoms with Crippen LogP contribution in [0.3, 0.4) is 0 Å². The van der Waals surface area contributed by atoms with E-state index in [1.165, 1.54) is 10.4 Å². The van der Waals surface area contributed by atoms with E-state index in [0.29, 0.717) is 6.42 Å². The first-order valence-electron chi connectivity index (χ1n) is 7.50. The van der Waals surface area contributed by atoms with Crippen molar-refractivity contribution in [1.82, 2.24) is 4.31 Å². The van der Waals surface area contributed by atoms with Crippen LogP contribution in [-0.4, -0.2) is 30.7 Å². The number of carbonyl (C=O) groups is 1. The molecule has 1 aliphatic heterocycles. The lowest BCUT2D eigenvalue weighted by atomic mass is 9.85. The van der Waals surface area contributed by atoms with E-state index < -0.39 is 22.0 Å². The number of nitrogens with two attached hydrogens (primary N) is 1. The summed E-state index contributed by atoms with van der Waals surface area (Å²) in [7, 11) is -3.83. The molecule has 1 aromatic rings. The maximum Gasteiger partial charge on any atom is 0.245 e. The van der Waals surface area contributed by atoms with E-state index in [9.17, 15) is 13.2 Å². The van der Waals surface area contributed by atoms with Crippen molar-refractivity contribution in [3.63, 3.8) is 0 Å². The molecule has 3 rings (SSSR count). The molecular weight excluding hydrogens is 324 g/mol. The van der Waals surface area contributed by atoms with E-state index in [1.807, 2.05) is 0 Å². The van der Waals surface area contributed by atoms with Crippen LogP contribution in [0.4, 0.5) is 0 Å². The van der Waals surface area contributed by atoms with E-state index in [0.717, 1.165) is 25.7 Å². The van der Waals surface area contributed by atoms with Gasteiger partial charge in [-0.3, -0.25) is 4.79 Å². The maximum absolute atomic E-state index is 13.1. The van der Waals surface area contributed by atoms with Crippen LogP contribution in [0.15, 0.2) is 29.2 Å². The molecule has 120 valence electrons. The van der Waals surface area contributed by atoms with Gasteiger partial charge in [0.25, 0.3) is 0 Å². The van der Waals surface area contributed by atoms with Crippen molar-refractivity contribution in [2.45, 2.75) is 49.1 Å². The molecule has 1 aliphatic carbocycles. The first-order chi connectivity index (χ1) is 10.4. The molecule has 22 heavy (non-hydrogen) atoms. The van der Waals surface area contributed by atoms with Gasteiger partial charge in [-0.25, -0.2) is 8.42 Å². The summed E-state index contributed by atoms with van der Waals surface area (Å²) in [5, 5.41) is 0.171. The number of amides is 1. The Morgan fingerprint density at radius 2 is 1.91 bits per heavy atom. The molecule has 3 atom stereocenters. The molecule has 1 heterocycles. The standard InChI is InChI=1S/C15H19ClN2O3S/c16-11-6-2-4-8-14(11)22(20,21)18-12-7-3-1-5-10(12)9-13(18)15(17)19/h2,4,6,8,10,12-13H,1,3,5,7,9H2,(H2,17,19)/t10-,12-,13+/m1/s1. The first kappa shape index (κ1) is 15.8. The first-order valence-corrected chi connectivity index (χ1v) is 9.32. The summed E-state index contributed by atoms with van der Waals surface area (Å²) < 4.78 is 27.5. The molecule has 7 heteroatoms. The third-order valence-corrected chi connectivity index (χ3v) is 7.18. The van der Waals surface area contributed by atoms with Crippen LogP contribution in [0.2, 0.25) is 5.02 Å². The molecule has 1 saturated carbocycles. The minimum absolute atomic E-state index is 0.0501. The molecule has 1 saturated heterocycles. The topological polar surface area (TPSA) is 80.5 Å². The number of nitrogens with zero attached hydrogens (tertiary/aromatic N) is 1. The number of rotatable bonds is 3. The zero-order valence-corrected chi connectivity index (χ0v) is 13.7. The van der Waals surface area contributed by atoms with E-state index in [1.54, 1.807) is 18.2 Å². The molecule has 0 unspecified atom stereocenters. The number of hydrogen-bond acceptors (Lipinski definition) is 3. The van der Waals surface area contributed by atoms with Gasteiger partial charge in [-0.05, 0) is 37.3 Å². The number of hydrogen-bond donors (Lipinski definition) is 1. The third kappa shape index (κ3) is 2.53. The summed E-state index contributed by atoms with van der Waals surface area (Å²) in [6.45, 7) is 0. The summed E-state index contributed by atoms with van der Waals surface area (Å²) in [4.78, 5) is 11.9. The van der Waals surface area contributed by atoms with Crippen molar-refractivity contribution in [2.24, 2.45) is 11.7 Å². The number of fused-ring (bicyclic) bond motifs is 1. The van der Waals surface area contributed by atoms with Crippen LogP contribution < -0.4 is 5.73 Å². The molecule has 0 aromatic heterocycles. The average Bonchev–Trinajstić information content (AvgIpc) is 2.88. The minimum atomic E-state index is -3.83. The van der Waals surface area contributed by atoms with Gasteiger partial charge < -0.3 is 5.73 Å². The fourth-order valence-electron chi connectivity index (χ4n) is 3.77. The molecule has 1 amide bonds. The zero-order chi connectivity index (χ0) is 15.9. The van der Waals surface area contributed by atoms with E-state index in [-0.39, 0.29) is 21.9 Å². The number of carbonyl (C=O) groups excluding carboxylic acids is 1. The van der Waals surface area contributed by atoms with E-state index >= 15 is 0 Å². The number of benzene rings is 1. The number of sulfonamides is 1. The monoisotopic (exact) mass is 342 g/mol. The lowest BCUT2D eigenvalue weighted by molar-refractivity contribution is -0.121. The molecule has 2 N–H and O–H groups in total. The van der Waals surface area contributed by atoms with Crippen LogP contribution in [0.25, 0.3) is 0 Å². The average molecular weight is 343 g/mol. The Kier molecular flexibility index (Phi) is 4.18. The second-order valence-electron chi connectivity index (χ2n) is 6.03. The van der Waals surface area contributed by atoms with Crippen molar-refractivity contribution in [3.05, 3.63) is 29.3 Å². The highest BCUT2D eigenvalue weighted by Gasteiger charge is 2.50. The normalized spacial score (nSPS) is 29.2. The van der Waals surface area contributed by atoms with Gasteiger partial charge >= 0.3 is 0 Å². The van der Waals surface area contributed by atoms with Gasteiger partial charge in [0.15, 0.2) is 0 Å². The molecule has 1 aromatic carbocycles. The number of primary amides is 1. The molecule has 5 nitrogen and oxygen atoms in total. The Labute approximate surface area is 135 Å². The fourth-order valence-corrected chi connectivity index (χ4v) is 6.15. The Morgan fingerprint density at radius 3 is 2.59 bits per heavy atom. The predicted octanol–water partition coefficient (Wildman–Crippen LogP) is 2.15. The third-order valence-electron chi connectivity index (χ3n) is 4.75. The second-order valence-corrected chi connectivity index (χ2v) is 8.25. The Morgan fingerprint density at radius 1 is 1.23 bits per heavy atom. The van der Waals surface area contributed by atoms with E-state index in [2.05, 4.69) is 0 Å². The second kappa shape index (κ2) is 5.83. The molecule has 0 radical (unpaired) electrons. The summed E-state index contributed by atoms with van der Waals surface area (Å²) in [5.41, 5.74) is 5.48. The van der Waals surface area contributed by atoms with Gasteiger partial charge in [0.1, 0.15) is 10.9 Å². The zero-order valence-electron chi connectivity index (χ0n) is 12.1. The van der Waals surface area contributed by atoms with Crippen molar-refractivity contribution >= 4 is 27.5 Å². The van der Waals surface area contributed by atoms with Gasteiger partial charge in [-0.2, -0.15) is 4.31 Å². The highest BCUT2D eigenvalue weighted by atomic mass is 35.5. The molecule has 2 fully saturated rings. The number of halogens is 1. The Bertz CT molecular complexity index is 692. The lowest BCUT2D eigenvalue weighted by Crippen LogP contribution is -2.48. The highest BCUT2D eigenvalue weighted by Crippen LogP contribution is 2.43. The Hall–Kier alpha value is -1.11. The smallest absolute Gasteiger partial charge is 0.245 e. The van der Waals surface area contributed by atoms with Gasteiger partial charge in [0, 0.05) is 6.04 Å². The highest BCUT2D eigenvalue weighted by molar-refractivity contribution is 7.89. The van der Waals surface area contributed by atoms with Crippen LogP contribution in [0, 0.1) is 5.92 Å². The molecule has 0 spiro atoms. The van der Waals surface area contributed by atoms with Gasteiger partial charge in [0.2, 0.25) is 15.9 Å². The predicted molar refractivity (Wildman–Crippen MR) is 83.8 cm³/mol. The van der Waals surface area contributed by atoms with Crippen molar-refractivity contribution in [2.75, 3.05) is 0 Å². The molecular formula is C15H19ClN2O3S. The van der Waals surface area contributed by atoms with Crippen LogP contribution in [-0.2, 0) is 14.8 Å². The van der Waals surface area contributed by atoms with Gasteiger partial charge in [-0.1, -0.05) is 36.6 Å². The van der Waals surface area contributed by atoms with Gasteiger partial charge in [0.05, 0.1) is 5.02 Å². The van der Waals surface area contributed by atoms with Crippen LogP contribution >= 0.6 is 11.6 Å². The summed E-state index contributed by atoms with van der Waals surface area (Å²) in [5.74, 6) is -0.367. The summed E-state index contributed by atoms with van der Waals surface area (Å²) in [6, 6.07) is 5.42. The van der Waals surface area contributed by atoms with Crippen molar-refractivity contribution in [1.29, 1.82) is 0 Å². The summed E-state index contributed by atoms with van der Waals surface area (Å²) >= 11 is 6.07. The van der Waals surface area contributed by atoms with Crippen LogP contribution in [0.5, 0.6) is 0 Å². The molecule has 2 aliphatic rings. The van der Waals surface area contributed by atoms with Crippen LogP contribution in [0.1, 0.15) is 32.1 Å². The quantitative estimate of drug-likeness (QED) is 0.913. The lowest BCUT2D eigenvalue weighted by Gasteiger charge is -2.32. The summed E-state index contributed by atoms with van der Waals surface area (Å²) in [6.07, 6.45) is 4.29. The largest absolute Gasteiger partial charge is 0.368 e. The van der Waals surface area contributed by atoms with Gasteiger partial charge in [-0.15, -0.1) is 0 Å². The SMILES string of the molecule is NC(=O)[C@@H]1C[C@H]2CCCC[C@H]2N1S(=O)(=O)c1ccccc1Cl. The Balaban J connectivity index is 2.06. The fraction of sp³-hybridized carbons (Fsp3) is 0.533.